The molecule has 0 bridgehead atoms. The van der Waals surface area contributed by atoms with E-state index in [0.29, 0.717) is 5.75 Å². The molecule has 0 saturated carbocycles. The van der Waals surface area contributed by atoms with Gasteiger partial charge in [0, 0.05) is 12.3 Å². The van der Waals surface area contributed by atoms with Crippen molar-refractivity contribution in [1.29, 1.82) is 0 Å². The van der Waals surface area contributed by atoms with E-state index in [9.17, 15) is 18.0 Å². The number of sulfone groups is 1. The average molecular weight is 413 g/mol. The molecule has 0 aromatic heterocycles. The lowest BCUT2D eigenvalue weighted by Gasteiger charge is -2.10. The van der Waals surface area contributed by atoms with E-state index >= 15 is 0 Å². The second kappa shape index (κ2) is 8.41. The molecular weight excluding hydrogens is 396 g/mol. The maximum Gasteiger partial charge on any atom is 0.340 e. The molecule has 0 amide bonds. The third-order valence-corrected chi connectivity index (χ3v) is 5.07. The molecule has 0 atom stereocenters. The molecule has 0 heterocycles. The Bertz CT molecular complexity index is 983. The molecule has 9 heteroatoms. The van der Waals surface area contributed by atoms with Crippen LogP contribution in [0.1, 0.15) is 20.7 Å². The summed E-state index contributed by atoms with van der Waals surface area (Å²) in [5.74, 6) is -0.637. The van der Waals surface area contributed by atoms with E-state index < -0.39 is 28.2 Å². The lowest BCUT2D eigenvalue weighted by Crippen LogP contribution is -2.16. The van der Waals surface area contributed by atoms with Crippen molar-refractivity contribution in [3.05, 3.63) is 52.5 Å². The van der Waals surface area contributed by atoms with E-state index in [0.717, 1.165) is 12.3 Å². The third-order valence-electron chi connectivity index (χ3n) is 3.63. The molecule has 2 aromatic carbocycles. The second-order valence-corrected chi connectivity index (χ2v) is 7.90. The Balaban J connectivity index is 2.17. The van der Waals surface area contributed by atoms with Gasteiger partial charge in [0.1, 0.15) is 11.5 Å². The molecular formula is C18H17ClO7S. The number of halogens is 1. The minimum absolute atomic E-state index is 0.0156. The van der Waals surface area contributed by atoms with Crippen LogP contribution in [0.25, 0.3) is 0 Å². The van der Waals surface area contributed by atoms with Crippen LogP contribution >= 0.6 is 11.6 Å². The zero-order valence-corrected chi connectivity index (χ0v) is 16.4. The fraction of sp³-hybridized carbons (Fsp3) is 0.222. The number of hydrogen-bond acceptors (Lipinski definition) is 7. The number of benzene rings is 2. The topological polar surface area (TPSA) is 96.0 Å². The van der Waals surface area contributed by atoms with E-state index in [1.165, 1.54) is 38.5 Å². The van der Waals surface area contributed by atoms with Gasteiger partial charge in [0.15, 0.2) is 16.4 Å². The van der Waals surface area contributed by atoms with Crippen LogP contribution in [0.5, 0.6) is 11.5 Å². The summed E-state index contributed by atoms with van der Waals surface area (Å²) in [4.78, 5) is 24.5. The Morgan fingerprint density at radius 3 is 2.30 bits per heavy atom. The summed E-state index contributed by atoms with van der Waals surface area (Å²) in [6.45, 7) is -0.568. The molecule has 144 valence electrons. The number of esters is 1. The van der Waals surface area contributed by atoms with Gasteiger partial charge in [0.2, 0.25) is 5.78 Å². The second-order valence-electron chi connectivity index (χ2n) is 5.48. The number of carbonyl (C=O) groups excluding carboxylic acids is 2. The maximum absolute atomic E-state index is 12.3. The Morgan fingerprint density at radius 2 is 1.70 bits per heavy atom. The van der Waals surface area contributed by atoms with Crippen LogP contribution in [-0.2, 0) is 14.6 Å². The van der Waals surface area contributed by atoms with Crippen molar-refractivity contribution >= 4 is 33.2 Å². The zero-order chi connectivity index (χ0) is 20.2. The first-order chi connectivity index (χ1) is 12.7. The molecule has 0 unspecified atom stereocenters. The van der Waals surface area contributed by atoms with E-state index in [-0.39, 0.29) is 26.8 Å². The van der Waals surface area contributed by atoms with Gasteiger partial charge in [-0.05, 0) is 30.3 Å². The normalized spacial score (nSPS) is 11.0. The lowest BCUT2D eigenvalue weighted by atomic mass is 10.1. The van der Waals surface area contributed by atoms with Gasteiger partial charge in [-0.3, -0.25) is 4.79 Å². The summed E-state index contributed by atoms with van der Waals surface area (Å²) in [6.07, 6.45) is 1.00. The number of methoxy groups -OCH3 is 2. The van der Waals surface area contributed by atoms with Crippen molar-refractivity contribution in [3.63, 3.8) is 0 Å². The average Bonchev–Trinajstić information content (AvgIpc) is 2.64. The predicted octanol–water partition coefficient (Wildman–Crippen LogP) is 2.80. The fourth-order valence-corrected chi connectivity index (χ4v) is 3.05. The molecule has 0 saturated heterocycles. The van der Waals surface area contributed by atoms with Crippen LogP contribution in [0.3, 0.4) is 0 Å². The highest BCUT2D eigenvalue weighted by Crippen LogP contribution is 2.25. The molecule has 0 aliphatic carbocycles. The molecule has 0 spiro atoms. The van der Waals surface area contributed by atoms with Gasteiger partial charge in [-0.25, -0.2) is 13.2 Å². The largest absolute Gasteiger partial charge is 0.497 e. The first kappa shape index (κ1) is 20.7. The lowest BCUT2D eigenvalue weighted by molar-refractivity contribution is 0.0474. The molecule has 27 heavy (non-hydrogen) atoms. The molecule has 0 N–H and O–H groups in total. The van der Waals surface area contributed by atoms with Crippen LogP contribution in [0.4, 0.5) is 0 Å². The van der Waals surface area contributed by atoms with Gasteiger partial charge >= 0.3 is 5.97 Å². The highest BCUT2D eigenvalue weighted by atomic mass is 35.5. The number of ether oxygens (including phenoxy) is 3. The predicted molar refractivity (Wildman–Crippen MR) is 98.7 cm³/mol. The van der Waals surface area contributed by atoms with E-state index in [1.807, 2.05) is 0 Å². The molecule has 2 aromatic rings. The minimum atomic E-state index is -3.53. The number of ketones is 1. The summed E-state index contributed by atoms with van der Waals surface area (Å²) >= 11 is 5.94. The monoisotopic (exact) mass is 412 g/mol. The minimum Gasteiger partial charge on any atom is -0.497 e. The summed E-state index contributed by atoms with van der Waals surface area (Å²) in [7, 11) is -0.652. The van der Waals surface area contributed by atoms with Gasteiger partial charge in [-0.2, -0.15) is 0 Å². The standard InChI is InChI=1S/C18H17ClO7S/c1-24-11-4-6-13(17(8-11)25-2)16(20)10-26-18(21)14-9-12(27(3,22)23)5-7-15(14)19/h4-9H,10H2,1-3H3. The molecule has 0 aliphatic rings. The van der Waals surface area contributed by atoms with Crippen molar-refractivity contribution in [1.82, 2.24) is 0 Å². The number of rotatable bonds is 7. The van der Waals surface area contributed by atoms with Crippen LogP contribution in [0, 0.1) is 0 Å². The van der Waals surface area contributed by atoms with E-state index in [2.05, 4.69) is 0 Å². The van der Waals surface area contributed by atoms with Crippen LogP contribution in [0.15, 0.2) is 41.3 Å². The Morgan fingerprint density at radius 1 is 1.00 bits per heavy atom. The third kappa shape index (κ3) is 4.99. The van der Waals surface area contributed by atoms with Gasteiger partial charge in [0.25, 0.3) is 0 Å². The van der Waals surface area contributed by atoms with Gasteiger partial charge in [0.05, 0.1) is 35.3 Å². The van der Waals surface area contributed by atoms with Crippen LogP contribution < -0.4 is 9.47 Å². The van der Waals surface area contributed by atoms with Gasteiger partial charge < -0.3 is 14.2 Å². The number of carbonyl (C=O) groups is 2. The molecule has 7 nitrogen and oxygen atoms in total. The van der Waals surface area contributed by atoms with Crippen LogP contribution in [-0.4, -0.2) is 47.3 Å². The number of hydrogen-bond donors (Lipinski definition) is 0. The first-order valence-corrected chi connectivity index (χ1v) is 9.86. The SMILES string of the molecule is COc1ccc(C(=O)COC(=O)c2cc(S(C)(=O)=O)ccc2Cl)c(OC)c1. The van der Waals surface area contributed by atoms with Gasteiger partial charge in [-0.1, -0.05) is 11.6 Å². The van der Waals surface area contributed by atoms with Crippen molar-refractivity contribution in [2.24, 2.45) is 0 Å². The molecule has 0 aliphatic heterocycles. The van der Waals surface area contributed by atoms with E-state index in [1.54, 1.807) is 6.07 Å². The summed E-state index contributed by atoms with van der Waals surface area (Å²) in [6, 6.07) is 8.26. The summed E-state index contributed by atoms with van der Waals surface area (Å²) < 4.78 is 38.4. The molecule has 0 radical (unpaired) electrons. The van der Waals surface area contributed by atoms with Crippen molar-refractivity contribution in [2.75, 3.05) is 27.1 Å². The summed E-state index contributed by atoms with van der Waals surface area (Å²) in [5.41, 5.74) is 0.0659. The quantitative estimate of drug-likeness (QED) is 0.509. The van der Waals surface area contributed by atoms with Crippen molar-refractivity contribution < 1.29 is 32.2 Å². The number of Topliss-reactive ketones (excluding diaryl/α,β-unsaturated/α-hetero) is 1. The Kier molecular flexibility index (Phi) is 6.45. The highest BCUT2D eigenvalue weighted by molar-refractivity contribution is 7.90. The van der Waals surface area contributed by atoms with Crippen LogP contribution in [0.2, 0.25) is 5.02 Å². The fourth-order valence-electron chi connectivity index (χ4n) is 2.21. The first-order valence-electron chi connectivity index (χ1n) is 7.59. The highest BCUT2D eigenvalue weighted by Gasteiger charge is 2.19. The Hall–Kier alpha value is -2.58. The van der Waals surface area contributed by atoms with Gasteiger partial charge in [-0.15, -0.1) is 0 Å². The summed E-state index contributed by atoms with van der Waals surface area (Å²) in [5, 5.41) is 0.0156. The smallest absolute Gasteiger partial charge is 0.340 e. The molecule has 2 rings (SSSR count). The zero-order valence-electron chi connectivity index (χ0n) is 14.8. The molecule has 0 fully saturated rings. The maximum atomic E-state index is 12.3. The van der Waals surface area contributed by atoms with Crippen molar-refractivity contribution in [2.45, 2.75) is 4.90 Å². The van der Waals surface area contributed by atoms with Crippen molar-refractivity contribution in [3.8, 4) is 11.5 Å². The Labute approximate surface area is 161 Å². The van der Waals surface area contributed by atoms with E-state index in [4.69, 9.17) is 25.8 Å².